The maximum Gasteiger partial charge on any atom is 0.328 e. The van der Waals surface area contributed by atoms with Gasteiger partial charge in [0.15, 0.2) is 6.04 Å². The Hall–Kier alpha value is -4.76. The summed E-state index contributed by atoms with van der Waals surface area (Å²) < 4.78 is 0. The molecule has 0 saturated carbocycles. The molecule has 0 aliphatic carbocycles. The number of aromatic amines is 2. The predicted octanol–water partition coefficient (Wildman–Crippen LogP) is -2.20. The number of hydrogen-bond donors (Lipinski definition) is 9. The molecule has 0 fully saturated rings. The first-order chi connectivity index (χ1) is 19.0. The third-order valence-corrected chi connectivity index (χ3v) is 6.15. The number of imidazole rings is 1. The molecule has 0 bridgehead atoms. The number of para-hydroxylation sites is 1. The van der Waals surface area contributed by atoms with Gasteiger partial charge in [0, 0.05) is 41.8 Å². The summed E-state index contributed by atoms with van der Waals surface area (Å²) in [7, 11) is 0. The van der Waals surface area contributed by atoms with Crippen LogP contribution in [0.2, 0.25) is 0 Å². The molecule has 1 aromatic carbocycles. The fourth-order valence-corrected chi connectivity index (χ4v) is 4.06. The number of carbonyl (C=O) groups is 5. The number of aromatic nitrogens is 3. The smallest absolute Gasteiger partial charge is 0.328 e. The Morgan fingerprint density at radius 1 is 0.975 bits per heavy atom. The van der Waals surface area contributed by atoms with E-state index in [-0.39, 0.29) is 12.8 Å². The van der Waals surface area contributed by atoms with Crippen molar-refractivity contribution in [1.29, 1.82) is 0 Å². The molecule has 0 saturated heterocycles. The van der Waals surface area contributed by atoms with Gasteiger partial charge in [0.05, 0.1) is 24.9 Å². The standard InChI is InChI=1S/C25H32N8O7/c1-12(34)21(25(39)40)33-24(38)19(7-14-10-28-11-30-14)32-23(37)18(31-22(36)16(26)8-20(27)35)6-13-9-29-17-5-3-2-4-15(13)17/h2-5,9-12,16,18-19,21,29,34H,6-8,26H2,1H3,(H2,27,35)(H,28,30)(H,31,36)(H,32,37)(H,33,38)(H,39,40). The van der Waals surface area contributed by atoms with Crippen molar-refractivity contribution in [3.63, 3.8) is 0 Å². The van der Waals surface area contributed by atoms with Crippen molar-refractivity contribution in [2.45, 2.75) is 56.5 Å². The molecule has 3 rings (SSSR count). The molecule has 0 spiro atoms. The maximum atomic E-state index is 13.5. The van der Waals surface area contributed by atoms with Gasteiger partial charge in [0.25, 0.3) is 0 Å². The number of aliphatic carboxylic acids is 1. The Labute approximate surface area is 228 Å². The van der Waals surface area contributed by atoms with Crippen molar-refractivity contribution < 1.29 is 34.2 Å². The average molecular weight is 557 g/mol. The van der Waals surface area contributed by atoms with E-state index in [2.05, 4.69) is 30.9 Å². The number of nitrogens with two attached hydrogens (primary N) is 2. The van der Waals surface area contributed by atoms with Crippen LogP contribution in [0, 0.1) is 0 Å². The van der Waals surface area contributed by atoms with Crippen LogP contribution in [-0.2, 0) is 36.8 Å². The number of hydrogen-bond acceptors (Lipinski definition) is 8. The number of rotatable bonds is 14. The Morgan fingerprint density at radius 2 is 1.62 bits per heavy atom. The lowest BCUT2D eigenvalue weighted by molar-refractivity contribution is -0.145. The zero-order valence-corrected chi connectivity index (χ0v) is 21.6. The molecule has 15 nitrogen and oxygen atoms in total. The average Bonchev–Trinajstić information content (AvgIpc) is 3.55. The lowest BCUT2D eigenvalue weighted by Gasteiger charge is -2.25. The minimum atomic E-state index is -1.64. The van der Waals surface area contributed by atoms with Crippen molar-refractivity contribution in [1.82, 2.24) is 30.9 Å². The summed E-state index contributed by atoms with van der Waals surface area (Å²) in [6.07, 6.45) is 2.45. The van der Waals surface area contributed by atoms with Crippen molar-refractivity contribution in [3.8, 4) is 0 Å². The van der Waals surface area contributed by atoms with Crippen molar-refractivity contribution >= 4 is 40.5 Å². The largest absolute Gasteiger partial charge is 0.480 e. The number of amides is 4. The van der Waals surface area contributed by atoms with Crippen LogP contribution in [0.25, 0.3) is 10.9 Å². The van der Waals surface area contributed by atoms with Gasteiger partial charge >= 0.3 is 5.97 Å². The minimum Gasteiger partial charge on any atom is -0.480 e. The number of nitrogens with one attached hydrogen (secondary N) is 5. The van der Waals surface area contributed by atoms with E-state index in [0.29, 0.717) is 11.3 Å². The number of fused-ring (bicyclic) bond motifs is 1. The Bertz CT molecular complexity index is 1350. The zero-order valence-electron chi connectivity index (χ0n) is 21.6. The summed E-state index contributed by atoms with van der Waals surface area (Å²) in [5, 5.41) is 27.3. The van der Waals surface area contributed by atoms with Crippen LogP contribution in [0.1, 0.15) is 24.6 Å². The third-order valence-electron chi connectivity index (χ3n) is 6.15. The highest BCUT2D eigenvalue weighted by atomic mass is 16.4. The van der Waals surface area contributed by atoms with Crippen LogP contribution in [0.15, 0.2) is 43.0 Å². The molecule has 4 amide bonds. The quantitative estimate of drug-likeness (QED) is 0.104. The van der Waals surface area contributed by atoms with Gasteiger partial charge in [0.2, 0.25) is 23.6 Å². The van der Waals surface area contributed by atoms with E-state index in [1.165, 1.54) is 19.4 Å². The molecule has 5 unspecified atom stereocenters. The highest BCUT2D eigenvalue weighted by molar-refractivity contribution is 5.95. The molecule has 40 heavy (non-hydrogen) atoms. The van der Waals surface area contributed by atoms with Crippen LogP contribution in [-0.4, -0.2) is 85.0 Å². The summed E-state index contributed by atoms with van der Waals surface area (Å²) in [6, 6.07) is 1.76. The summed E-state index contributed by atoms with van der Waals surface area (Å²) in [5.41, 5.74) is 12.8. The fraction of sp³-hybridized carbons (Fsp3) is 0.360. The maximum absolute atomic E-state index is 13.5. The van der Waals surface area contributed by atoms with Gasteiger partial charge in [-0.2, -0.15) is 0 Å². The molecule has 0 radical (unpaired) electrons. The second-order valence-electron chi connectivity index (χ2n) is 9.31. The van der Waals surface area contributed by atoms with E-state index in [4.69, 9.17) is 11.5 Å². The Kier molecular flexibility index (Phi) is 9.94. The van der Waals surface area contributed by atoms with E-state index in [0.717, 1.165) is 10.9 Å². The third kappa shape index (κ3) is 7.87. The molecule has 0 aliphatic rings. The molecule has 2 aromatic heterocycles. The summed E-state index contributed by atoms with van der Waals surface area (Å²) in [6.45, 7) is 1.20. The molecule has 3 aromatic rings. The molecule has 5 atom stereocenters. The van der Waals surface area contributed by atoms with E-state index in [1.807, 2.05) is 24.3 Å². The van der Waals surface area contributed by atoms with E-state index >= 15 is 0 Å². The van der Waals surface area contributed by atoms with Crippen LogP contribution in [0.5, 0.6) is 0 Å². The first-order valence-corrected chi connectivity index (χ1v) is 12.3. The number of primary amides is 1. The van der Waals surface area contributed by atoms with Gasteiger partial charge in [0.1, 0.15) is 12.1 Å². The first kappa shape index (κ1) is 29.8. The number of H-pyrrole nitrogens is 2. The van der Waals surface area contributed by atoms with E-state index in [1.54, 1.807) is 6.20 Å². The van der Waals surface area contributed by atoms with Crippen LogP contribution >= 0.6 is 0 Å². The number of carboxylic acids is 1. The first-order valence-electron chi connectivity index (χ1n) is 12.3. The molecule has 214 valence electrons. The number of aliphatic hydroxyl groups is 1. The van der Waals surface area contributed by atoms with Gasteiger partial charge in [-0.1, -0.05) is 18.2 Å². The highest BCUT2D eigenvalue weighted by Gasteiger charge is 2.32. The summed E-state index contributed by atoms with van der Waals surface area (Å²) in [4.78, 5) is 71.9. The lowest BCUT2D eigenvalue weighted by atomic mass is 10.0. The topological polar surface area (TPSA) is 258 Å². The number of carboxylic acid groups (broad SMARTS) is 1. The highest BCUT2D eigenvalue weighted by Crippen LogP contribution is 2.19. The van der Waals surface area contributed by atoms with Gasteiger partial charge < -0.3 is 47.6 Å². The summed E-state index contributed by atoms with van der Waals surface area (Å²) in [5.74, 6) is -4.76. The van der Waals surface area contributed by atoms with Crippen LogP contribution in [0.3, 0.4) is 0 Å². The predicted molar refractivity (Wildman–Crippen MR) is 141 cm³/mol. The number of carbonyl (C=O) groups excluding carboxylic acids is 4. The second-order valence-corrected chi connectivity index (χ2v) is 9.31. The molecular weight excluding hydrogens is 524 g/mol. The van der Waals surface area contributed by atoms with Crippen molar-refractivity contribution in [2.75, 3.05) is 0 Å². The lowest BCUT2D eigenvalue weighted by Crippen LogP contribution is -2.59. The van der Waals surface area contributed by atoms with Crippen LogP contribution in [0.4, 0.5) is 0 Å². The van der Waals surface area contributed by atoms with Gasteiger partial charge in [-0.05, 0) is 18.6 Å². The molecule has 0 aliphatic heterocycles. The Balaban J connectivity index is 1.88. The van der Waals surface area contributed by atoms with Crippen LogP contribution < -0.4 is 27.4 Å². The van der Waals surface area contributed by atoms with E-state index in [9.17, 15) is 34.2 Å². The molecule has 2 heterocycles. The SMILES string of the molecule is CC(O)C(NC(=O)C(Cc1cnc[nH]1)NC(=O)C(Cc1c[nH]c2ccccc12)NC(=O)C(N)CC(N)=O)C(=O)O. The van der Waals surface area contributed by atoms with Gasteiger partial charge in [-0.25, -0.2) is 9.78 Å². The molecule has 11 N–H and O–H groups in total. The second kappa shape index (κ2) is 13.3. The normalized spacial score (nSPS) is 14.9. The van der Waals surface area contributed by atoms with Crippen molar-refractivity contribution in [3.05, 3.63) is 54.2 Å². The van der Waals surface area contributed by atoms with Crippen molar-refractivity contribution in [2.24, 2.45) is 11.5 Å². The fourth-order valence-electron chi connectivity index (χ4n) is 4.06. The molecule has 15 heteroatoms. The summed E-state index contributed by atoms with van der Waals surface area (Å²) >= 11 is 0. The number of nitrogens with zero attached hydrogens (tertiary/aromatic N) is 1. The van der Waals surface area contributed by atoms with E-state index < -0.39 is 66.3 Å². The van der Waals surface area contributed by atoms with Gasteiger partial charge in [-0.15, -0.1) is 0 Å². The Morgan fingerprint density at radius 3 is 2.25 bits per heavy atom. The minimum absolute atomic E-state index is 0.0191. The number of benzene rings is 1. The van der Waals surface area contributed by atoms with Gasteiger partial charge in [-0.3, -0.25) is 19.2 Å². The number of aliphatic hydroxyl groups excluding tert-OH is 1. The molecular formula is C25H32N8O7. The monoisotopic (exact) mass is 556 g/mol. The zero-order chi connectivity index (χ0) is 29.4.